The lowest BCUT2D eigenvalue weighted by molar-refractivity contribution is 0.299. The van der Waals surface area contributed by atoms with Crippen LogP contribution in [-0.4, -0.2) is 45.6 Å². The summed E-state index contributed by atoms with van der Waals surface area (Å²) in [6.45, 7) is 2.15. The molecule has 0 bridgehead atoms. The first-order chi connectivity index (χ1) is 4.98. The molecule has 11 heavy (non-hydrogen) atoms. The van der Waals surface area contributed by atoms with E-state index in [4.69, 9.17) is 0 Å². The Kier molecular flexibility index (Phi) is 4.63. The molecule has 0 radical (unpaired) electrons. The van der Waals surface area contributed by atoms with Gasteiger partial charge in [0.2, 0.25) is 0 Å². The summed E-state index contributed by atoms with van der Waals surface area (Å²) in [5, 5.41) is 1.74. The van der Waals surface area contributed by atoms with Crippen LogP contribution in [-0.2, 0) is 9.84 Å². The molecule has 1 N–H and O–H groups in total. The van der Waals surface area contributed by atoms with Gasteiger partial charge >= 0.3 is 0 Å². The van der Waals surface area contributed by atoms with Crippen molar-refractivity contribution in [1.29, 1.82) is 0 Å². The van der Waals surface area contributed by atoms with Gasteiger partial charge in [0, 0.05) is 26.4 Å². The minimum atomic E-state index is -2.80. The number of nitrogens with one attached hydrogen (secondary N) is 1. The highest BCUT2D eigenvalue weighted by molar-refractivity contribution is 7.91. The highest BCUT2D eigenvalue weighted by Crippen LogP contribution is 1.86. The monoisotopic (exact) mass is 180 g/mol. The molecule has 0 saturated carbocycles. The molecule has 0 fully saturated rings. The fourth-order valence-electron chi connectivity index (χ4n) is 0.569. The molecule has 5 heteroatoms. The molecule has 0 aliphatic heterocycles. The summed E-state index contributed by atoms with van der Waals surface area (Å²) in [4.78, 5) is 0. The van der Waals surface area contributed by atoms with E-state index >= 15 is 0 Å². The van der Waals surface area contributed by atoms with E-state index < -0.39 is 9.84 Å². The number of rotatable bonds is 5. The molecule has 68 valence electrons. The van der Waals surface area contributed by atoms with Crippen LogP contribution < -0.4 is 5.43 Å². The molecule has 0 aliphatic rings. The largest absolute Gasteiger partial charge is 0.255 e. The van der Waals surface area contributed by atoms with Crippen LogP contribution in [0.5, 0.6) is 0 Å². The number of nitrogens with zero attached hydrogens (tertiary/aromatic N) is 1. The Hall–Kier alpha value is -0.130. The third-order valence-corrected chi connectivity index (χ3v) is 2.99. The van der Waals surface area contributed by atoms with Crippen molar-refractivity contribution in [2.75, 3.05) is 32.1 Å². The van der Waals surface area contributed by atoms with Crippen molar-refractivity contribution in [1.82, 2.24) is 10.4 Å². The molecule has 0 heterocycles. The number of sulfone groups is 1. The fourth-order valence-corrected chi connectivity index (χ4v) is 1.26. The van der Waals surface area contributed by atoms with Gasteiger partial charge in [0.15, 0.2) is 9.84 Å². The average molecular weight is 180 g/mol. The van der Waals surface area contributed by atoms with E-state index in [2.05, 4.69) is 5.43 Å². The quantitative estimate of drug-likeness (QED) is 0.579. The van der Waals surface area contributed by atoms with Crippen molar-refractivity contribution in [3.05, 3.63) is 0 Å². The van der Waals surface area contributed by atoms with E-state index in [1.54, 1.807) is 11.9 Å². The maximum atomic E-state index is 10.9. The second kappa shape index (κ2) is 4.69. The molecule has 0 aliphatic carbocycles. The zero-order chi connectivity index (χ0) is 8.91. The first-order valence-corrected chi connectivity index (χ1v) is 5.41. The summed E-state index contributed by atoms with van der Waals surface area (Å²) in [5.41, 5.74) is 2.89. The van der Waals surface area contributed by atoms with Gasteiger partial charge in [0.25, 0.3) is 0 Å². The topological polar surface area (TPSA) is 49.4 Å². The lowest BCUT2D eigenvalue weighted by Gasteiger charge is -2.10. The minimum Gasteiger partial charge on any atom is -0.255 e. The molecule has 0 atom stereocenters. The van der Waals surface area contributed by atoms with Gasteiger partial charge in [0.1, 0.15) is 0 Å². The van der Waals surface area contributed by atoms with Gasteiger partial charge in [-0.05, 0) is 0 Å². The van der Waals surface area contributed by atoms with Gasteiger partial charge in [-0.15, -0.1) is 0 Å². The number of hydrogen-bond donors (Lipinski definition) is 1. The standard InChI is InChI=1S/C6H16N2O2S/c1-4-11(9,10)6-5-7-8(2)3/h7H,4-6H2,1-3H3. The van der Waals surface area contributed by atoms with Gasteiger partial charge in [0.05, 0.1) is 5.75 Å². The number of hydrogen-bond acceptors (Lipinski definition) is 4. The predicted molar refractivity (Wildman–Crippen MR) is 46.0 cm³/mol. The molecule has 4 nitrogen and oxygen atoms in total. The molecule has 0 rings (SSSR count). The van der Waals surface area contributed by atoms with Crippen molar-refractivity contribution >= 4 is 9.84 Å². The van der Waals surface area contributed by atoms with E-state index in [1.165, 1.54) is 0 Å². The number of hydrazine groups is 1. The SMILES string of the molecule is CCS(=O)(=O)CCNN(C)C. The van der Waals surface area contributed by atoms with Gasteiger partial charge in [-0.3, -0.25) is 10.4 Å². The first kappa shape index (κ1) is 10.9. The second-order valence-corrected chi connectivity index (χ2v) is 5.01. The fraction of sp³-hybridized carbons (Fsp3) is 1.00. The predicted octanol–water partition coefficient (Wildman–Crippen LogP) is -0.513. The van der Waals surface area contributed by atoms with Crippen LogP contribution in [0.1, 0.15) is 6.92 Å². The lowest BCUT2D eigenvalue weighted by atomic mass is 10.8. The molecule has 0 spiro atoms. The molecule has 0 aromatic carbocycles. The lowest BCUT2D eigenvalue weighted by Crippen LogP contribution is -2.34. The maximum Gasteiger partial charge on any atom is 0.151 e. The zero-order valence-corrected chi connectivity index (χ0v) is 8.11. The van der Waals surface area contributed by atoms with Crippen LogP contribution in [0.2, 0.25) is 0 Å². The van der Waals surface area contributed by atoms with Crippen molar-refractivity contribution in [3.8, 4) is 0 Å². The Morgan fingerprint density at radius 2 is 1.91 bits per heavy atom. The highest BCUT2D eigenvalue weighted by Gasteiger charge is 2.05. The van der Waals surface area contributed by atoms with E-state index in [9.17, 15) is 8.42 Å². The Morgan fingerprint density at radius 1 is 1.36 bits per heavy atom. The Balaban J connectivity index is 3.55. The molecule has 0 aromatic heterocycles. The molecule has 0 saturated heterocycles. The highest BCUT2D eigenvalue weighted by atomic mass is 32.2. The summed E-state index contributed by atoms with van der Waals surface area (Å²) in [6, 6.07) is 0. The summed E-state index contributed by atoms with van der Waals surface area (Å²) in [7, 11) is 0.859. The van der Waals surface area contributed by atoms with E-state index in [0.29, 0.717) is 6.54 Å². The third kappa shape index (κ3) is 6.28. The van der Waals surface area contributed by atoms with E-state index in [0.717, 1.165) is 0 Å². The molecule has 0 aromatic rings. The maximum absolute atomic E-state index is 10.9. The Bertz CT molecular complexity index is 187. The molecule has 0 amide bonds. The second-order valence-electron chi connectivity index (χ2n) is 2.54. The van der Waals surface area contributed by atoms with Crippen LogP contribution >= 0.6 is 0 Å². The normalized spacial score (nSPS) is 12.4. The van der Waals surface area contributed by atoms with Crippen molar-refractivity contribution in [3.63, 3.8) is 0 Å². The molecular weight excluding hydrogens is 164 g/mol. The van der Waals surface area contributed by atoms with Crippen LogP contribution in [0.25, 0.3) is 0 Å². The van der Waals surface area contributed by atoms with Gasteiger partial charge in [-0.1, -0.05) is 6.92 Å². The van der Waals surface area contributed by atoms with Gasteiger partial charge in [-0.2, -0.15) is 0 Å². The summed E-state index contributed by atoms with van der Waals surface area (Å²) >= 11 is 0. The van der Waals surface area contributed by atoms with Gasteiger partial charge in [-0.25, -0.2) is 8.42 Å². The van der Waals surface area contributed by atoms with Crippen molar-refractivity contribution < 1.29 is 8.42 Å². The average Bonchev–Trinajstić information content (AvgIpc) is 1.87. The van der Waals surface area contributed by atoms with Crippen molar-refractivity contribution in [2.45, 2.75) is 6.92 Å². The third-order valence-electron chi connectivity index (χ3n) is 1.28. The zero-order valence-electron chi connectivity index (χ0n) is 7.29. The first-order valence-electron chi connectivity index (χ1n) is 3.59. The molecule has 0 unspecified atom stereocenters. The van der Waals surface area contributed by atoms with Crippen LogP contribution in [0.15, 0.2) is 0 Å². The van der Waals surface area contributed by atoms with E-state index in [1.807, 2.05) is 14.1 Å². The minimum absolute atomic E-state index is 0.210. The molecular formula is C6H16N2O2S. The summed E-state index contributed by atoms with van der Waals surface area (Å²) in [6.07, 6.45) is 0. The van der Waals surface area contributed by atoms with E-state index in [-0.39, 0.29) is 11.5 Å². The van der Waals surface area contributed by atoms with Gasteiger partial charge < -0.3 is 0 Å². The van der Waals surface area contributed by atoms with Crippen LogP contribution in [0.4, 0.5) is 0 Å². The Morgan fingerprint density at radius 3 is 2.27 bits per heavy atom. The van der Waals surface area contributed by atoms with Crippen molar-refractivity contribution in [2.24, 2.45) is 0 Å². The summed E-state index contributed by atoms with van der Waals surface area (Å²) in [5.74, 6) is 0.434. The van der Waals surface area contributed by atoms with Crippen LogP contribution in [0.3, 0.4) is 0 Å². The summed E-state index contributed by atoms with van der Waals surface area (Å²) < 4.78 is 21.8. The Labute approximate surface area is 68.5 Å². The van der Waals surface area contributed by atoms with Crippen LogP contribution in [0, 0.1) is 0 Å². The smallest absolute Gasteiger partial charge is 0.151 e.